The molecule has 0 saturated carbocycles. The number of methoxy groups -OCH3 is 1. The van der Waals surface area contributed by atoms with Gasteiger partial charge >= 0.3 is 0 Å². The van der Waals surface area contributed by atoms with E-state index in [0.717, 1.165) is 0 Å². The summed E-state index contributed by atoms with van der Waals surface area (Å²) in [6.07, 6.45) is 0. The Morgan fingerprint density at radius 1 is 1.05 bits per heavy atom. The highest BCUT2D eigenvalue weighted by Crippen LogP contribution is 2.16. The molecule has 0 aliphatic carbocycles. The van der Waals surface area contributed by atoms with Crippen LogP contribution < -0.4 is 10.6 Å². The number of hydrogen-bond acceptors (Lipinski definition) is 6. The van der Waals surface area contributed by atoms with Crippen LogP contribution in [0.15, 0.2) is 35.5 Å². The van der Waals surface area contributed by atoms with Gasteiger partial charge < -0.3 is 15.4 Å². The molecule has 0 saturated heterocycles. The summed E-state index contributed by atoms with van der Waals surface area (Å²) < 4.78 is 4.69. The van der Waals surface area contributed by atoms with E-state index in [1.54, 1.807) is 42.5 Å². The van der Waals surface area contributed by atoms with Gasteiger partial charge in [-0.2, -0.15) is 15.8 Å². The van der Waals surface area contributed by atoms with Crippen LogP contribution in [0.2, 0.25) is 0 Å². The Morgan fingerprint density at radius 2 is 1.57 bits per heavy atom. The summed E-state index contributed by atoms with van der Waals surface area (Å²) in [7, 11) is 1.42. The number of carbonyl (C=O) groups is 1. The van der Waals surface area contributed by atoms with E-state index in [-0.39, 0.29) is 23.8 Å². The first kappa shape index (κ1) is 15.7. The van der Waals surface area contributed by atoms with E-state index in [9.17, 15) is 4.79 Å². The van der Waals surface area contributed by atoms with Gasteiger partial charge in [0, 0.05) is 18.5 Å². The molecule has 104 valence electrons. The maximum absolute atomic E-state index is 11.3. The summed E-state index contributed by atoms with van der Waals surface area (Å²) in [4.78, 5) is 11.3. The fourth-order valence-electron chi connectivity index (χ4n) is 1.39. The van der Waals surface area contributed by atoms with Crippen molar-refractivity contribution < 1.29 is 9.53 Å². The molecule has 0 fully saturated rings. The highest BCUT2D eigenvalue weighted by Gasteiger charge is 2.06. The molecule has 0 aliphatic rings. The quantitative estimate of drug-likeness (QED) is 0.789. The SMILES string of the molecule is COCC(=O)Nc1ccc(NC(C#N)=C(C#N)C#N)cc1. The van der Waals surface area contributed by atoms with Gasteiger partial charge in [-0.05, 0) is 24.3 Å². The maximum atomic E-state index is 11.3. The summed E-state index contributed by atoms with van der Waals surface area (Å²) in [5, 5.41) is 31.6. The minimum atomic E-state index is -0.296. The van der Waals surface area contributed by atoms with Crippen LogP contribution in [0.4, 0.5) is 11.4 Å². The molecule has 1 aromatic rings. The predicted octanol–water partition coefficient (Wildman–Crippen LogP) is 1.51. The summed E-state index contributed by atoms with van der Waals surface area (Å²) in [5.74, 6) is -0.285. The first-order valence-electron chi connectivity index (χ1n) is 5.75. The van der Waals surface area contributed by atoms with Gasteiger partial charge in [-0.15, -0.1) is 0 Å². The van der Waals surface area contributed by atoms with E-state index in [0.29, 0.717) is 11.4 Å². The van der Waals surface area contributed by atoms with Gasteiger partial charge in [0.15, 0.2) is 5.57 Å². The second-order valence-corrected chi connectivity index (χ2v) is 3.77. The normalized spacial score (nSPS) is 8.67. The molecule has 0 bridgehead atoms. The zero-order valence-corrected chi connectivity index (χ0v) is 11.2. The predicted molar refractivity (Wildman–Crippen MR) is 74.4 cm³/mol. The van der Waals surface area contributed by atoms with Crippen LogP contribution in [-0.4, -0.2) is 19.6 Å². The van der Waals surface area contributed by atoms with Crippen molar-refractivity contribution in [2.75, 3.05) is 24.4 Å². The van der Waals surface area contributed by atoms with Crippen LogP contribution >= 0.6 is 0 Å². The van der Waals surface area contributed by atoms with Gasteiger partial charge in [0.2, 0.25) is 5.91 Å². The molecule has 2 N–H and O–H groups in total. The number of carbonyl (C=O) groups excluding carboxylic acids is 1. The Bertz CT molecular complexity index is 655. The second kappa shape index (κ2) is 7.96. The van der Waals surface area contributed by atoms with Gasteiger partial charge in [-0.3, -0.25) is 4.79 Å². The monoisotopic (exact) mass is 281 g/mol. The number of nitriles is 3. The average Bonchev–Trinajstić information content (AvgIpc) is 2.49. The van der Waals surface area contributed by atoms with Gasteiger partial charge in [-0.25, -0.2) is 0 Å². The van der Waals surface area contributed by atoms with Crippen molar-refractivity contribution in [3.63, 3.8) is 0 Å². The van der Waals surface area contributed by atoms with Gasteiger partial charge in [0.1, 0.15) is 30.5 Å². The number of ether oxygens (including phenoxy) is 1. The number of rotatable bonds is 5. The lowest BCUT2D eigenvalue weighted by Gasteiger charge is -2.07. The number of nitrogens with one attached hydrogen (secondary N) is 2. The summed E-state index contributed by atoms with van der Waals surface area (Å²) in [6.45, 7) is -0.0466. The van der Waals surface area contributed by atoms with E-state index in [4.69, 9.17) is 20.5 Å². The molecular weight excluding hydrogens is 270 g/mol. The number of benzene rings is 1. The highest BCUT2D eigenvalue weighted by atomic mass is 16.5. The largest absolute Gasteiger partial charge is 0.375 e. The molecule has 0 aromatic heterocycles. The minimum absolute atomic E-state index is 0.0466. The number of allylic oxidation sites excluding steroid dienone is 2. The van der Waals surface area contributed by atoms with Crippen molar-refractivity contribution in [1.82, 2.24) is 0 Å². The van der Waals surface area contributed by atoms with Crippen LogP contribution in [0.3, 0.4) is 0 Å². The molecule has 1 rings (SSSR count). The van der Waals surface area contributed by atoms with E-state index >= 15 is 0 Å². The lowest BCUT2D eigenvalue weighted by Crippen LogP contribution is -2.16. The van der Waals surface area contributed by atoms with Gasteiger partial charge in [-0.1, -0.05) is 0 Å². The van der Waals surface area contributed by atoms with Crippen LogP contribution in [0.1, 0.15) is 0 Å². The third-order valence-corrected chi connectivity index (χ3v) is 2.30. The summed E-state index contributed by atoms with van der Waals surface area (Å²) in [6, 6.07) is 11.5. The number of amides is 1. The van der Waals surface area contributed by atoms with Crippen molar-refractivity contribution in [2.24, 2.45) is 0 Å². The fraction of sp³-hybridized carbons (Fsp3) is 0.143. The Kier molecular flexibility index (Phi) is 5.95. The van der Waals surface area contributed by atoms with E-state index in [2.05, 4.69) is 10.6 Å². The molecule has 0 unspecified atom stereocenters. The van der Waals surface area contributed by atoms with Gasteiger partial charge in [0.25, 0.3) is 0 Å². The number of hydrogen-bond donors (Lipinski definition) is 2. The topological polar surface area (TPSA) is 122 Å². The molecular formula is C14H11N5O2. The zero-order valence-electron chi connectivity index (χ0n) is 11.2. The Morgan fingerprint density at radius 3 is 2.00 bits per heavy atom. The van der Waals surface area contributed by atoms with E-state index in [1.807, 2.05) is 0 Å². The Balaban J connectivity index is 2.83. The second-order valence-electron chi connectivity index (χ2n) is 3.77. The summed E-state index contributed by atoms with van der Waals surface area (Å²) in [5.41, 5.74) is 0.649. The van der Waals surface area contributed by atoms with E-state index in [1.165, 1.54) is 7.11 Å². The van der Waals surface area contributed by atoms with Crippen LogP contribution in [0.5, 0.6) is 0 Å². The van der Waals surface area contributed by atoms with E-state index < -0.39 is 0 Å². The lowest BCUT2D eigenvalue weighted by molar-refractivity contribution is -0.119. The zero-order chi connectivity index (χ0) is 15.7. The molecule has 1 aromatic carbocycles. The number of nitrogens with zero attached hydrogens (tertiary/aromatic N) is 3. The van der Waals surface area contributed by atoms with Crippen LogP contribution in [0, 0.1) is 34.0 Å². The molecule has 0 aliphatic heterocycles. The van der Waals surface area contributed by atoms with Gasteiger partial charge in [0.05, 0.1) is 0 Å². The fourth-order valence-corrected chi connectivity index (χ4v) is 1.39. The average molecular weight is 281 g/mol. The van der Waals surface area contributed by atoms with Crippen molar-refractivity contribution in [3.05, 3.63) is 35.5 Å². The smallest absolute Gasteiger partial charge is 0.250 e. The highest BCUT2D eigenvalue weighted by molar-refractivity contribution is 5.91. The Labute approximate surface area is 121 Å². The maximum Gasteiger partial charge on any atom is 0.250 e. The Hall–Kier alpha value is -3.34. The van der Waals surface area contributed by atoms with Crippen molar-refractivity contribution in [3.8, 4) is 18.2 Å². The molecule has 21 heavy (non-hydrogen) atoms. The first-order chi connectivity index (χ1) is 10.1. The summed E-state index contributed by atoms with van der Waals surface area (Å²) >= 11 is 0. The number of anilines is 2. The third kappa shape index (κ3) is 4.68. The molecule has 0 atom stereocenters. The first-order valence-corrected chi connectivity index (χ1v) is 5.75. The van der Waals surface area contributed by atoms with Crippen molar-refractivity contribution in [2.45, 2.75) is 0 Å². The van der Waals surface area contributed by atoms with Crippen molar-refractivity contribution >= 4 is 17.3 Å². The molecule has 7 heteroatoms. The third-order valence-electron chi connectivity index (χ3n) is 2.30. The van der Waals surface area contributed by atoms with Crippen LogP contribution in [-0.2, 0) is 9.53 Å². The molecule has 0 heterocycles. The van der Waals surface area contributed by atoms with Crippen LogP contribution in [0.25, 0.3) is 0 Å². The standard InChI is InChI=1S/C14H11N5O2/c1-21-9-14(20)19-12-4-2-11(3-5-12)18-13(8-17)10(6-15)7-16/h2-5,18H,9H2,1H3,(H,19,20). The molecule has 0 spiro atoms. The molecule has 1 amide bonds. The van der Waals surface area contributed by atoms with Crippen molar-refractivity contribution in [1.29, 1.82) is 15.8 Å². The minimum Gasteiger partial charge on any atom is -0.375 e. The lowest BCUT2D eigenvalue weighted by atomic mass is 10.2. The molecule has 0 radical (unpaired) electrons. The molecule has 7 nitrogen and oxygen atoms in total.